The summed E-state index contributed by atoms with van der Waals surface area (Å²) in [6.45, 7) is 2.71. The fourth-order valence-corrected chi connectivity index (χ4v) is 2.33. The standard InChI is InChI=1S/C16H17F2N3O2/c1-10(2)7-16(19,14(22)23)13-5-3-11(4-6-13)12-8-20-21(9-12)15(17)18/h3-6,8-9,15H,1,7,19H2,2H3,(H,22,23)/t16-/m1/s1. The number of alkyl halides is 2. The zero-order chi connectivity index (χ0) is 17.2. The van der Waals surface area contributed by atoms with Crippen LogP contribution in [0, 0.1) is 0 Å². The molecule has 1 aromatic heterocycles. The largest absolute Gasteiger partial charge is 0.480 e. The summed E-state index contributed by atoms with van der Waals surface area (Å²) < 4.78 is 25.6. The van der Waals surface area contributed by atoms with Crippen LogP contribution >= 0.6 is 0 Å². The molecule has 23 heavy (non-hydrogen) atoms. The third-order valence-corrected chi connectivity index (χ3v) is 3.50. The molecular formula is C16H17F2N3O2. The van der Waals surface area contributed by atoms with Crippen LogP contribution in [-0.2, 0) is 10.3 Å². The molecule has 1 heterocycles. The van der Waals surface area contributed by atoms with Gasteiger partial charge in [0, 0.05) is 18.2 Å². The fourth-order valence-electron chi connectivity index (χ4n) is 2.33. The summed E-state index contributed by atoms with van der Waals surface area (Å²) in [6, 6.07) is 6.41. The lowest BCUT2D eigenvalue weighted by molar-refractivity contribution is -0.143. The van der Waals surface area contributed by atoms with Crippen LogP contribution in [0.1, 0.15) is 25.5 Å². The molecule has 2 rings (SSSR count). The zero-order valence-electron chi connectivity index (χ0n) is 12.5. The highest BCUT2D eigenvalue weighted by atomic mass is 19.3. The Bertz CT molecular complexity index is 725. The molecule has 0 aliphatic carbocycles. The van der Waals surface area contributed by atoms with Crippen molar-refractivity contribution < 1.29 is 18.7 Å². The highest BCUT2D eigenvalue weighted by Crippen LogP contribution is 2.28. The lowest BCUT2D eigenvalue weighted by Gasteiger charge is -2.25. The molecule has 1 atom stereocenters. The maximum absolute atomic E-state index is 12.5. The molecule has 2 aromatic rings. The number of carbonyl (C=O) groups is 1. The summed E-state index contributed by atoms with van der Waals surface area (Å²) in [6.07, 6.45) is 2.65. The van der Waals surface area contributed by atoms with Gasteiger partial charge in [0.1, 0.15) is 5.54 Å². The van der Waals surface area contributed by atoms with Crippen LogP contribution in [0.5, 0.6) is 0 Å². The number of rotatable bonds is 6. The summed E-state index contributed by atoms with van der Waals surface area (Å²) in [5.41, 5.74) is 6.66. The van der Waals surface area contributed by atoms with E-state index in [9.17, 15) is 18.7 Å². The molecule has 0 saturated carbocycles. The number of hydrogen-bond donors (Lipinski definition) is 2. The number of aromatic nitrogens is 2. The smallest absolute Gasteiger partial charge is 0.333 e. The fraction of sp³-hybridized carbons (Fsp3) is 0.250. The molecule has 3 N–H and O–H groups in total. The number of carboxylic acids is 1. The molecule has 0 aliphatic rings. The Kier molecular flexibility index (Phi) is 4.60. The molecule has 0 spiro atoms. The first-order valence-corrected chi connectivity index (χ1v) is 6.84. The van der Waals surface area contributed by atoms with Crippen molar-refractivity contribution in [1.29, 1.82) is 0 Å². The van der Waals surface area contributed by atoms with Crippen molar-refractivity contribution in [2.24, 2.45) is 5.73 Å². The molecule has 0 radical (unpaired) electrons. The van der Waals surface area contributed by atoms with E-state index in [1.165, 1.54) is 12.4 Å². The van der Waals surface area contributed by atoms with Crippen molar-refractivity contribution in [1.82, 2.24) is 9.78 Å². The van der Waals surface area contributed by atoms with Gasteiger partial charge in [-0.05, 0) is 18.1 Å². The van der Waals surface area contributed by atoms with Crippen molar-refractivity contribution in [2.75, 3.05) is 0 Å². The van der Waals surface area contributed by atoms with Gasteiger partial charge in [0.25, 0.3) is 0 Å². The van der Waals surface area contributed by atoms with E-state index in [1.54, 1.807) is 31.2 Å². The minimum Gasteiger partial charge on any atom is -0.480 e. The Hall–Kier alpha value is -2.54. The first-order valence-electron chi connectivity index (χ1n) is 6.84. The van der Waals surface area contributed by atoms with Gasteiger partial charge in [-0.3, -0.25) is 0 Å². The molecule has 5 nitrogen and oxygen atoms in total. The van der Waals surface area contributed by atoms with Crippen LogP contribution in [0.25, 0.3) is 11.1 Å². The molecule has 0 bridgehead atoms. The number of carboxylic acid groups (broad SMARTS) is 1. The van der Waals surface area contributed by atoms with Gasteiger partial charge in [0.05, 0.1) is 6.20 Å². The molecule has 0 saturated heterocycles. The lowest BCUT2D eigenvalue weighted by Crippen LogP contribution is -2.45. The number of aliphatic carboxylic acids is 1. The summed E-state index contributed by atoms with van der Waals surface area (Å²) in [7, 11) is 0. The quantitative estimate of drug-likeness (QED) is 0.801. The number of nitrogens with zero attached hydrogens (tertiary/aromatic N) is 2. The van der Waals surface area contributed by atoms with Gasteiger partial charge >= 0.3 is 12.5 Å². The summed E-state index contributed by atoms with van der Waals surface area (Å²) >= 11 is 0. The molecular weight excluding hydrogens is 304 g/mol. The van der Waals surface area contributed by atoms with Crippen LogP contribution in [0.2, 0.25) is 0 Å². The third-order valence-electron chi connectivity index (χ3n) is 3.50. The van der Waals surface area contributed by atoms with Crippen LogP contribution < -0.4 is 5.73 Å². The normalized spacial score (nSPS) is 13.8. The van der Waals surface area contributed by atoms with E-state index in [-0.39, 0.29) is 6.42 Å². The van der Waals surface area contributed by atoms with Crippen molar-refractivity contribution in [3.05, 3.63) is 54.4 Å². The maximum Gasteiger partial charge on any atom is 0.333 e. The Balaban J connectivity index is 2.33. The van der Waals surface area contributed by atoms with Gasteiger partial charge in [-0.1, -0.05) is 29.8 Å². The van der Waals surface area contributed by atoms with Crippen molar-refractivity contribution in [3.8, 4) is 11.1 Å². The van der Waals surface area contributed by atoms with Crippen LogP contribution in [0.15, 0.2) is 48.8 Å². The van der Waals surface area contributed by atoms with Gasteiger partial charge in [0.2, 0.25) is 0 Å². The predicted molar refractivity (Wildman–Crippen MR) is 81.8 cm³/mol. The highest BCUT2D eigenvalue weighted by Gasteiger charge is 2.35. The minimum absolute atomic E-state index is 0.102. The Morgan fingerprint density at radius 2 is 2.00 bits per heavy atom. The van der Waals surface area contributed by atoms with Gasteiger partial charge < -0.3 is 10.8 Å². The van der Waals surface area contributed by atoms with Crippen LogP contribution in [-0.4, -0.2) is 20.9 Å². The van der Waals surface area contributed by atoms with E-state index >= 15 is 0 Å². The van der Waals surface area contributed by atoms with Crippen LogP contribution in [0.4, 0.5) is 8.78 Å². The lowest BCUT2D eigenvalue weighted by atomic mass is 9.84. The molecule has 0 unspecified atom stereocenters. The van der Waals surface area contributed by atoms with E-state index in [1.807, 2.05) is 0 Å². The van der Waals surface area contributed by atoms with E-state index < -0.39 is 18.1 Å². The van der Waals surface area contributed by atoms with E-state index in [0.29, 0.717) is 26.9 Å². The van der Waals surface area contributed by atoms with E-state index in [0.717, 1.165) is 0 Å². The second kappa shape index (κ2) is 6.29. The molecule has 7 heteroatoms. The van der Waals surface area contributed by atoms with E-state index in [2.05, 4.69) is 11.7 Å². The van der Waals surface area contributed by atoms with Gasteiger partial charge in [0.15, 0.2) is 0 Å². The molecule has 0 fully saturated rings. The third kappa shape index (κ3) is 3.45. The number of halogens is 2. The maximum atomic E-state index is 12.5. The summed E-state index contributed by atoms with van der Waals surface area (Å²) in [5.74, 6) is -1.15. The topological polar surface area (TPSA) is 81.1 Å². The highest BCUT2D eigenvalue weighted by molar-refractivity contribution is 5.81. The molecule has 1 aromatic carbocycles. The SMILES string of the molecule is C=C(C)C[C@](N)(C(=O)O)c1ccc(-c2cnn(C(F)F)c2)cc1. The minimum atomic E-state index is -2.71. The molecule has 122 valence electrons. The summed E-state index contributed by atoms with van der Waals surface area (Å²) in [4.78, 5) is 11.5. The van der Waals surface area contributed by atoms with E-state index in [4.69, 9.17) is 5.73 Å². The summed E-state index contributed by atoms with van der Waals surface area (Å²) in [5, 5.41) is 13.0. The van der Waals surface area contributed by atoms with Gasteiger partial charge in [-0.15, -0.1) is 6.58 Å². The monoisotopic (exact) mass is 321 g/mol. The second-order valence-corrected chi connectivity index (χ2v) is 5.47. The Morgan fingerprint density at radius 1 is 1.39 bits per heavy atom. The first kappa shape index (κ1) is 16.8. The predicted octanol–water partition coefficient (Wildman–Crippen LogP) is 3.15. The van der Waals surface area contributed by atoms with Gasteiger partial charge in [-0.2, -0.15) is 13.9 Å². The van der Waals surface area contributed by atoms with Crippen molar-refractivity contribution in [3.63, 3.8) is 0 Å². The van der Waals surface area contributed by atoms with Gasteiger partial charge in [-0.25, -0.2) is 9.48 Å². The Labute approximate surface area is 132 Å². The molecule has 0 aliphatic heterocycles. The van der Waals surface area contributed by atoms with Crippen molar-refractivity contribution in [2.45, 2.75) is 25.4 Å². The second-order valence-electron chi connectivity index (χ2n) is 5.47. The average Bonchev–Trinajstić information content (AvgIpc) is 2.96. The van der Waals surface area contributed by atoms with Crippen molar-refractivity contribution >= 4 is 5.97 Å². The number of benzene rings is 1. The zero-order valence-corrected chi connectivity index (χ0v) is 12.5. The Morgan fingerprint density at radius 3 is 2.43 bits per heavy atom. The number of nitrogens with two attached hydrogens (primary N) is 1. The molecule has 0 amide bonds. The van der Waals surface area contributed by atoms with Crippen LogP contribution in [0.3, 0.4) is 0 Å². The average molecular weight is 321 g/mol. The first-order chi connectivity index (χ1) is 10.7. The number of hydrogen-bond acceptors (Lipinski definition) is 3.